The molecule has 0 saturated carbocycles. The number of hydrogen-bond acceptors (Lipinski definition) is 3. The Morgan fingerprint density at radius 2 is 2.00 bits per heavy atom. The first kappa shape index (κ1) is 16.4. The number of likely N-dealkylation sites (tertiary alicyclic amines) is 1. The third kappa shape index (κ3) is 2.61. The number of H-pyrrole nitrogens is 1. The number of carbonyl (C=O) groups excluding carboxylic acids is 1. The quantitative estimate of drug-likeness (QED) is 0.669. The van der Waals surface area contributed by atoms with Crippen LogP contribution in [0.2, 0.25) is 5.02 Å². The molecule has 1 fully saturated rings. The summed E-state index contributed by atoms with van der Waals surface area (Å²) in [6.07, 6.45) is 4.81. The molecule has 2 aliphatic heterocycles. The standard InChI is InChI=1S/C21H18ClN3O2/c22-14-5-6-15-16(12-23-19(15)11-14)20(26)25-9-7-21(8-10-25)17-3-1-2-4-18(17)24-13-27-21/h1-6,11-13,23H,7-10H2. The molecule has 1 saturated heterocycles. The lowest BCUT2D eigenvalue weighted by atomic mass is 9.82. The van der Waals surface area contributed by atoms with Gasteiger partial charge in [0, 0.05) is 53.6 Å². The zero-order valence-corrected chi connectivity index (χ0v) is 15.4. The predicted molar refractivity (Wildman–Crippen MR) is 106 cm³/mol. The first-order valence-corrected chi connectivity index (χ1v) is 9.40. The van der Waals surface area contributed by atoms with Crippen molar-refractivity contribution in [3.8, 4) is 0 Å². The Bertz CT molecular complexity index is 1060. The summed E-state index contributed by atoms with van der Waals surface area (Å²) in [7, 11) is 0. The van der Waals surface area contributed by atoms with Crippen molar-refractivity contribution in [3.63, 3.8) is 0 Å². The van der Waals surface area contributed by atoms with Crippen LogP contribution in [0.5, 0.6) is 0 Å². The minimum atomic E-state index is -0.386. The summed E-state index contributed by atoms with van der Waals surface area (Å²) in [6, 6.07) is 13.6. The highest BCUT2D eigenvalue weighted by atomic mass is 35.5. The van der Waals surface area contributed by atoms with Crippen LogP contribution in [0.15, 0.2) is 53.7 Å². The molecule has 27 heavy (non-hydrogen) atoms. The van der Waals surface area contributed by atoms with Gasteiger partial charge in [-0.25, -0.2) is 4.99 Å². The van der Waals surface area contributed by atoms with E-state index in [0.29, 0.717) is 23.7 Å². The van der Waals surface area contributed by atoms with Crippen molar-refractivity contribution in [2.45, 2.75) is 18.4 Å². The van der Waals surface area contributed by atoms with Crippen molar-refractivity contribution in [2.75, 3.05) is 13.1 Å². The fraction of sp³-hybridized carbons (Fsp3) is 0.238. The van der Waals surface area contributed by atoms with Crippen LogP contribution >= 0.6 is 11.6 Å². The highest BCUT2D eigenvalue weighted by Crippen LogP contribution is 2.43. The van der Waals surface area contributed by atoms with E-state index >= 15 is 0 Å². The largest absolute Gasteiger partial charge is 0.472 e. The van der Waals surface area contributed by atoms with Gasteiger partial charge in [-0.2, -0.15) is 0 Å². The molecule has 0 bridgehead atoms. The summed E-state index contributed by atoms with van der Waals surface area (Å²) in [5.41, 5.74) is 3.24. The first-order chi connectivity index (χ1) is 13.2. The minimum absolute atomic E-state index is 0.0381. The highest BCUT2D eigenvalue weighted by Gasteiger charge is 2.42. The summed E-state index contributed by atoms with van der Waals surface area (Å²) in [5, 5.41) is 1.55. The van der Waals surface area contributed by atoms with Crippen molar-refractivity contribution in [1.29, 1.82) is 0 Å². The van der Waals surface area contributed by atoms with E-state index in [1.54, 1.807) is 12.6 Å². The summed E-state index contributed by atoms with van der Waals surface area (Å²) in [5.74, 6) is 0.0381. The maximum absolute atomic E-state index is 13.1. The van der Waals surface area contributed by atoms with Crippen LogP contribution < -0.4 is 0 Å². The number of rotatable bonds is 1. The predicted octanol–water partition coefficient (Wildman–Crippen LogP) is 4.64. The van der Waals surface area contributed by atoms with E-state index < -0.39 is 0 Å². The van der Waals surface area contributed by atoms with Gasteiger partial charge in [0.05, 0.1) is 11.3 Å². The number of ether oxygens (including phenoxy) is 1. The molecule has 6 heteroatoms. The topological polar surface area (TPSA) is 57.7 Å². The smallest absolute Gasteiger partial charge is 0.256 e. The van der Waals surface area contributed by atoms with E-state index in [0.717, 1.165) is 35.0 Å². The van der Waals surface area contributed by atoms with Crippen LogP contribution in [-0.4, -0.2) is 35.3 Å². The fourth-order valence-electron chi connectivity index (χ4n) is 4.12. The maximum Gasteiger partial charge on any atom is 0.256 e. The molecule has 5 rings (SSSR count). The van der Waals surface area contributed by atoms with Crippen molar-refractivity contribution < 1.29 is 9.53 Å². The monoisotopic (exact) mass is 379 g/mol. The van der Waals surface area contributed by atoms with Crippen molar-refractivity contribution in [3.05, 3.63) is 64.8 Å². The van der Waals surface area contributed by atoms with E-state index in [4.69, 9.17) is 16.3 Å². The van der Waals surface area contributed by atoms with Crippen LogP contribution in [0.25, 0.3) is 10.9 Å². The van der Waals surface area contributed by atoms with Crippen molar-refractivity contribution >= 4 is 40.5 Å². The molecule has 3 aromatic rings. The Hall–Kier alpha value is -2.79. The number of halogens is 1. The summed E-state index contributed by atoms with van der Waals surface area (Å²) in [4.78, 5) is 22.5. The molecule has 0 aliphatic carbocycles. The number of nitrogens with zero attached hydrogens (tertiary/aromatic N) is 2. The molecule has 2 aromatic carbocycles. The molecule has 1 aromatic heterocycles. The average Bonchev–Trinajstić information content (AvgIpc) is 3.11. The lowest BCUT2D eigenvalue weighted by molar-refractivity contribution is -0.00613. The Kier molecular flexibility index (Phi) is 3.72. The van der Waals surface area contributed by atoms with Crippen molar-refractivity contribution in [2.24, 2.45) is 4.99 Å². The van der Waals surface area contributed by atoms with Crippen LogP contribution in [0.1, 0.15) is 28.8 Å². The van der Waals surface area contributed by atoms with Crippen LogP contribution in [0, 0.1) is 0 Å². The molecular weight excluding hydrogens is 362 g/mol. The zero-order valence-electron chi connectivity index (χ0n) is 14.6. The van der Waals surface area contributed by atoms with Gasteiger partial charge < -0.3 is 14.6 Å². The molecule has 0 atom stereocenters. The van der Waals surface area contributed by atoms with Crippen LogP contribution in [-0.2, 0) is 10.3 Å². The van der Waals surface area contributed by atoms with Crippen LogP contribution in [0.3, 0.4) is 0 Å². The van der Waals surface area contributed by atoms with E-state index in [9.17, 15) is 4.79 Å². The molecule has 1 spiro atoms. The SMILES string of the molecule is O=C(c1c[nH]c2cc(Cl)ccc12)N1CCC2(CC1)OC=Nc1ccccc12. The van der Waals surface area contributed by atoms with E-state index in [1.165, 1.54) is 0 Å². The zero-order chi connectivity index (χ0) is 18.4. The average molecular weight is 380 g/mol. The van der Waals surface area contributed by atoms with Gasteiger partial charge in [-0.15, -0.1) is 0 Å². The number of aromatic nitrogens is 1. The molecule has 3 heterocycles. The van der Waals surface area contributed by atoms with E-state index in [1.807, 2.05) is 41.3 Å². The molecule has 136 valence electrons. The lowest BCUT2D eigenvalue weighted by Crippen LogP contribution is -2.47. The van der Waals surface area contributed by atoms with Gasteiger partial charge in [0.25, 0.3) is 5.91 Å². The number of aromatic amines is 1. The highest BCUT2D eigenvalue weighted by molar-refractivity contribution is 6.31. The van der Waals surface area contributed by atoms with Gasteiger partial charge in [-0.3, -0.25) is 4.79 Å². The Labute approximate surface area is 161 Å². The van der Waals surface area contributed by atoms with E-state index in [-0.39, 0.29) is 11.5 Å². The van der Waals surface area contributed by atoms with Gasteiger partial charge >= 0.3 is 0 Å². The Morgan fingerprint density at radius 3 is 2.85 bits per heavy atom. The number of piperidine rings is 1. The van der Waals surface area contributed by atoms with Gasteiger partial charge in [-0.05, 0) is 18.2 Å². The number of aliphatic imine (C=N–C) groups is 1. The van der Waals surface area contributed by atoms with Gasteiger partial charge in [0.2, 0.25) is 0 Å². The van der Waals surface area contributed by atoms with Gasteiger partial charge in [0.1, 0.15) is 5.60 Å². The molecule has 0 unspecified atom stereocenters. The molecule has 1 amide bonds. The minimum Gasteiger partial charge on any atom is -0.472 e. The molecular formula is C21H18ClN3O2. The Balaban J connectivity index is 1.39. The second-order valence-electron chi connectivity index (χ2n) is 7.05. The third-order valence-corrected chi connectivity index (χ3v) is 5.83. The second-order valence-corrected chi connectivity index (χ2v) is 7.48. The number of para-hydroxylation sites is 1. The first-order valence-electron chi connectivity index (χ1n) is 9.02. The number of hydrogen-bond donors (Lipinski definition) is 1. The molecule has 2 aliphatic rings. The van der Waals surface area contributed by atoms with Crippen LogP contribution in [0.4, 0.5) is 5.69 Å². The normalized spacial score (nSPS) is 17.7. The van der Waals surface area contributed by atoms with E-state index in [2.05, 4.69) is 16.0 Å². The molecule has 0 radical (unpaired) electrons. The number of amides is 1. The number of carbonyl (C=O) groups is 1. The second kappa shape index (κ2) is 6.13. The lowest BCUT2D eigenvalue weighted by Gasteiger charge is -2.42. The third-order valence-electron chi connectivity index (χ3n) is 5.60. The van der Waals surface area contributed by atoms with Gasteiger partial charge in [0.15, 0.2) is 6.40 Å². The number of fused-ring (bicyclic) bond motifs is 3. The van der Waals surface area contributed by atoms with Crippen molar-refractivity contribution in [1.82, 2.24) is 9.88 Å². The number of nitrogens with one attached hydrogen (secondary N) is 1. The summed E-state index contributed by atoms with van der Waals surface area (Å²) >= 11 is 6.04. The summed E-state index contributed by atoms with van der Waals surface area (Å²) in [6.45, 7) is 1.28. The summed E-state index contributed by atoms with van der Waals surface area (Å²) < 4.78 is 5.98. The number of benzene rings is 2. The maximum atomic E-state index is 13.1. The Morgan fingerprint density at radius 1 is 1.19 bits per heavy atom. The molecule has 1 N–H and O–H groups in total. The van der Waals surface area contributed by atoms with Gasteiger partial charge in [-0.1, -0.05) is 35.9 Å². The molecule has 5 nitrogen and oxygen atoms in total. The fourth-order valence-corrected chi connectivity index (χ4v) is 4.30.